The largest absolute Gasteiger partial charge is 0.377 e. The van der Waals surface area contributed by atoms with Crippen molar-refractivity contribution in [2.45, 2.75) is 37.0 Å². The van der Waals surface area contributed by atoms with Crippen molar-refractivity contribution in [2.24, 2.45) is 5.73 Å². The van der Waals surface area contributed by atoms with E-state index in [0.717, 1.165) is 12.0 Å². The molecule has 100 valence electrons. The molecule has 0 amide bonds. The van der Waals surface area contributed by atoms with Gasteiger partial charge in [-0.2, -0.15) is 0 Å². The third-order valence-corrected chi connectivity index (χ3v) is 5.18. The van der Waals surface area contributed by atoms with Crippen molar-refractivity contribution in [2.75, 3.05) is 6.61 Å². The Hall–Kier alpha value is -0.780. The smallest absolute Gasteiger partial charge is 0.127 e. The number of ether oxygens (including phenoxy) is 1. The first-order valence-corrected chi connectivity index (χ1v) is 7.46. The second-order valence-electron chi connectivity index (χ2n) is 4.56. The maximum Gasteiger partial charge on any atom is 0.127 e. The van der Waals surface area contributed by atoms with Gasteiger partial charge < -0.3 is 10.5 Å². The second-order valence-corrected chi connectivity index (χ2v) is 6.21. The quantitative estimate of drug-likeness (QED) is 0.907. The molecular weight excluding hydrogens is 253 g/mol. The Kier molecular flexibility index (Phi) is 4.48. The summed E-state index contributed by atoms with van der Waals surface area (Å²) < 4.78 is 31.2. The zero-order valence-corrected chi connectivity index (χ0v) is 11.2. The van der Waals surface area contributed by atoms with Crippen LogP contribution in [0, 0.1) is 5.82 Å². The summed E-state index contributed by atoms with van der Waals surface area (Å²) in [5, 5.41) is 0.00549. The number of hydrogen-bond donors (Lipinski definition) is 1. The van der Waals surface area contributed by atoms with E-state index in [9.17, 15) is 8.60 Å². The molecule has 1 aliphatic rings. The van der Waals surface area contributed by atoms with Gasteiger partial charge in [0.2, 0.25) is 0 Å². The van der Waals surface area contributed by atoms with Crippen LogP contribution in [-0.2, 0) is 27.8 Å². The van der Waals surface area contributed by atoms with Crippen LogP contribution in [0.4, 0.5) is 4.39 Å². The molecule has 0 radical (unpaired) electrons. The summed E-state index contributed by atoms with van der Waals surface area (Å²) in [5.74, 6) is -0.0787. The minimum absolute atomic E-state index is 0.00549. The van der Waals surface area contributed by atoms with Crippen LogP contribution in [0.2, 0.25) is 0 Å². The molecule has 18 heavy (non-hydrogen) atoms. The van der Waals surface area contributed by atoms with Crippen LogP contribution in [0.25, 0.3) is 0 Å². The van der Waals surface area contributed by atoms with E-state index in [2.05, 4.69) is 0 Å². The first kappa shape index (κ1) is 13.6. The number of rotatable bonds is 4. The molecule has 1 aliphatic heterocycles. The Morgan fingerprint density at radius 2 is 2.33 bits per heavy atom. The van der Waals surface area contributed by atoms with Crippen molar-refractivity contribution in [1.82, 2.24) is 0 Å². The van der Waals surface area contributed by atoms with Crippen LogP contribution in [0.1, 0.15) is 24.5 Å². The van der Waals surface area contributed by atoms with E-state index in [1.54, 1.807) is 12.1 Å². The molecule has 0 spiro atoms. The average Bonchev–Trinajstić information content (AvgIpc) is 2.78. The highest BCUT2D eigenvalue weighted by atomic mass is 32.2. The molecule has 3 atom stereocenters. The van der Waals surface area contributed by atoms with E-state index in [1.165, 1.54) is 6.07 Å². The molecule has 3 unspecified atom stereocenters. The fourth-order valence-corrected chi connectivity index (χ4v) is 3.79. The van der Waals surface area contributed by atoms with Gasteiger partial charge in [-0.05, 0) is 25.0 Å². The lowest BCUT2D eigenvalue weighted by atomic mass is 10.1. The summed E-state index contributed by atoms with van der Waals surface area (Å²) in [5.41, 5.74) is 6.87. The van der Waals surface area contributed by atoms with Gasteiger partial charge >= 0.3 is 0 Å². The van der Waals surface area contributed by atoms with Gasteiger partial charge in [-0.25, -0.2) is 4.39 Å². The van der Waals surface area contributed by atoms with Gasteiger partial charge in [-0.1, -0.05) is 12.1 Å². The zero-order valence-electron chi connectivity index (χ0n) is 10.4. The minimum Gasteiger partial charge on any atom is -0.377 e. The van der Waals surface area contributed by atoms with E-state index in [4.69, 9.17) is 10.5 Å². The molecule has 3 nitrogen and oxygen atoms in total. The molecule has 0 aromatic heterocycles. The van der Waals surface area contributed by atoms with Gasteiger partial charge in [-0.15, -0.1) is 0 Å². The highest BCUT2D eigenvalue weighted by molar-refractivity contribution is 7.84. The van der Waals surface area contributed by atoms with Crippen molar-refractivity contribution >= 4 is 10.8 Å². The van der Waals surface area contributed by atoms with E-state index in [-0.39, 0.29) is 22.9 Å². The molecule has 1 aromatic rings. The highest BCUT2D eigenvalue weighted by Gasteiger charge is 2.29. The second kappa shape index (κ2) is 5.91. The molecule has 1 aromatic carbocycles. The molecule has 1 saturated heterocycles. The summed E-state index contributed by atoms with van der Waals surface area (Å²) in [4.78, 5) is 0. The normalized spacial score (nSPS) is 25.3. The zero-order chi connectivity index (χ0) is 13.1. The first-order chi connectivity index (χ1) is 8.61. The Bertz CT molecular complexity index is 453. The molecule has 1 fully saturated rings. The minimum atomic E-state index is -1.10. The van der Waals surface area contributed by atoms with Crippen LogP contribution in [0.5, 0.6) is 0 Å². The Balaban J connectivity index is 2.11. The predicted molar refractivity (Wildman–Crippen MR) is 70.0 cm³/mol. The first-order valence-electron chi connectivity index (χ1n) is 6.08. The van der Waals surface area contributed by atoms with Gasteiger partial charge in [0.25, 0.3) is 0 Å². The van der Waals surface area contributed by atoms with Gasteiger partial charge in [0.1, 0.15) is 5.82 Å². The molecule has 0 saturated carbocycles. The van der Waals surface area contributed by atoms with E-state index >= 15 is 0 Å². The summed E-state index contributed by atoms with van der Waals surface area (Å²) >= 11 is 0. The van der Waals surface area contributed by atoms with E-state index in [1.807, 2.05) is 6.92 Å². The fourth-order valence-electron chi connectivity index (χ4n) is 2.18. The summed E-state index contributed by atoms with van der Waals surface area (Å²) in [6.07, 6.45) is 0.776. The molecule has 0 aliphatic carbocycles. The number of nitrogens with two attached hydrogens (primary N) is 1. The Morgan fingerprint density at radius 1 is 1.56 bits per heavy atom. The SMILES string of the molecule is CC1OCCC1S(=O)Cc1cc(CN)ccc1F. The molecule has 2 N–H and O–H groups in total. The van der Waals surface area contributed by atoms with Crippen molar-refractivity contribution in [3.8, 4) is 0 Å². The van der Waals surface area contributed by atoms with Crippen LogP contribution in [0.3, 0.4) is 0 Å². The van der Waals surface area contributed by atoms with Crippen molar-refractivity contribution < 1.29 is 13.3 Å². The molecular formula is C13H18FNO2S. The number of hydrogen-bond acceptors (Lipinski definition) is 3. The van der Waals surface area contributed by atoms with Gasteiger partial charge in [0, 0.05) is 29.5 Å². The number of benzene rings is 1. The molecule has 1 heterocycles. The van der Waals surface area contributed by atoms with E-state index in [0.29, 0.717) is 18.7 Å². The predicted octanol–water partition coefficient (Wildman–Crippen LogP) is 1.71. The van der Waals surface area contributed by atoms with Crippen molar-refractivity contribution in [3.05, 3.63) is 35.1 Å². The summed E-state index contributed by atoms with van der Waals surface area (Å²) in [7, 11) is -1.10. The summed E-state index contributed by atoms with van der Waals surface area (Å²) in [6, 6.07) is 4.75. The molecule has 0 bridgehead atoms. The maximum absolute atomic E-state index is 13.6. The average molecular weight is 271 g/mol. The van der Waals surface area contributed by atoms with Gasteiger partial charge in [0.15, 0.2) is 0 Å². The standard InChI is InChI=1S/C13H18FNO2S/c1-9-13(4-5-17-9)18(16)8-11-6-10(7-15)2-3-12(11)14/h2-3,6,9,13H,4-5,7-8,15H2,1H3. The van der Waals surface area contributed by atoms with Crippen LogP contribution >= 0.6 is 0 Å². The lowest BCUT2D eigenvalue weighted by molar-refractivity contribution is 0.127. The van der Waals surface area contributed by atoms with Gasteiger partial charge in [0.05, 0.1) is 17.1 Å². The topological polar surface area (TPSA) is 52.3 Å². The Morgan fingerprint density at radius 3 is 2.94 bits per heavy atom. The van der Waals surface area contributed by atoms with Crippen LogP contribution < -0.4 is 5.73 Å². The number of halogens is 1. The summed E-state index contributed by atoms with van der Waals surface area (Å²) in [6.45, 7) is 2.92. The highest BCUT2D eigenvalue weighted by Crippen LogP contribution is 2.22. The van der Waals surface area contributed by atoms with Gasteiger partial charge in [-0.3, -0.25) is 4.21 Å². The van der Waals surface area contributed by atoms with Crippen LogP contribution in [0.15, 0.2) is 18.2 Å². The van der Waals surface area contributed by atoms with Crippen molar-refractivity contribution in [1.29, 1.82) is 0 Å². The fraction of sp³-hybridized carbons (Fsp3) is 0.538. The third-order valence-electron chi connectivity index (χ3n) is 3.29. The molecule has 5 heteroatoms. The van der Waals surface area contributed by atoms with E-state index < -0.39 is 10.8 Å². The molecule has 2 rings (SSSR count). The monoisotopic (exact) mass is 271 g/mol. The third kappa shape index (κ3) is 2.96. The Labute approximate surface area is 109 Å². The lowest BCUT2D eigenvalue weighted by Crippen LogP contribution is -2.24. The maximum atomic E-state index is 13.6. The van der Waals surface area contributed by atoms with Crippen LogP contribution in [-0.4, -0.2) is 22.2 Å². The lowest BCUT2D eigenvalue weighted by Gasteiger charge is -2.14. The van der Waals surface area contributed by atoms with Crippen molar-refractivity contribution in [3.63, 3.8) is 0 Å².